The van der Waals surface area contributed by atoms with Crippen molar-refractivity contribution in [3.05, 3.63) is 48.5 Å². The van der Waals surface area contributed by atoms with Crippen molar-refractivity contribution in [1.29, 1.82) is 0 Å². The molecule has 2 amide bonds. The van der Waals surface area contributed by atoms with Crippen LogP contribution in [0.4, 0.5) is 5.69 Å². The minimum Gasteiger partial charge on any atom is -0.351 e. The van der Waals surface area contributed by atoms with Crippen LogP contribution < -0.4 is 16.0 Å². The second kappa shape index (κ2) is 8.70. The third-order valence-corrected chi connectivity index (χ3v) is 3.23. The molecule has 2 aromatic rings. The van der Waals surface area contributed by atoms with Crippen LogP contribution in [-0.2, 0) is 11.3 Å². The Balaban J connectivity index is 1.86. The van der Waals surface area contributed by atoms with Crippen molar-refractivity contribution >= 4 is 17.5 Å². The van der Waals surface area contributed by atoms with E-state index in [1.807, 2.05) is 17.8 Å². The molecule has 0 spiro atoms. The number of imidazole rings is 1. The van der Waals surface area contributed by atoms with E-state index in [0.717, 1.165) is 0 Å². The van der Waals surface area contributed by atoms with Crippen LogP contribution in [0, 0.1) is 0 Å². The molecule has 122 valence electrons. The van der Waals surface area contributed by atoms with Gasteiger partial charge in [0.05, 0.1) is 6.33 Å². The van der Waals surface area contributed by atoms with Crippen molar-refractivity contribution in [2.24, 2.45) is 0 Å². The fraction of sp³-hybridized carbons (Fsp3) is 0.312. The number of hydrogen-bond donors (Lipinski definition) is 3. The van der Waals surface area contributed by atoms with Crippen LogP contribution >= 0.6 is 0 Å². The van der Waals surface area contributed by atoms with E-state index >= 15 is 0 Å². The molecule has 23 heavy (non-hydrogen) atoms. The van der Waals surface area contributed by atoms with Crippen molar-refractivity contribution in [3.63, 3.8) is 0 Å². The van der Waals surface area contributed by atoms with Crippen LogP contribution in [0.15, 0.2) is 43.0 Å². The van der Waals surface area contributed by atoms with Crippen molar-refractivity contribution in [2.45, 2.75) is 13.0 Å². The summed E-state index contributed by atoms with van der Waals surface area (Å²) >= 11 is 0. The minimum absolute atomic E-state index is 0.105. The number of benzene rings is 1. The van der Waals surface area contributed by atoms with Gasteiger partial charge in [-0.3, -0.25) is 9.59 Å². The van der Waals surface area contributed by atoms with Crippen LogP contribution in [0.25, 0.3) is 0 Å². The average molecular weight is 315 g/mol. The molecular weight excluding hydrogens is 294 g/mol. The quantitative estimate of drug-likeness (QED) is 0.631. The Morgan fingerprint density at radius 3 is 2.87 bits per heavy atom. The molecule has 0 aliphatic rings. The molecule has 7 nitrogen and oxygen atoms in total. The molecule has 1 aromatic heterocycles. The van der Waals surface area contributed by atoms with Crippen LogP contribution in [0.1, 0.15) is 16.8 Å². The van der Waals surface area contributed by atoms with Gasteiger partial charge in [0.2, 0.25) is 5.91 Å². The molecule has 0 atom stereocenters. The van der Waals surface area contributed by atoms with Crippen LogP contribution in [-0.4, -0.2) is 41.5 Å². The second-order valence-electron chi connectivity index (χ2n) is 5.04. The van der Waals surface area contributed by atoms with E-state index < -0.39 is 0 Å². The van der Waals surface area contributed by atoms with Gasteiger partial charge in [0.15, 0.2) is 0 Å². The zero-order valence-electron chi connectivity index (χ0n) is 13.1. The summed E-state index contributed by atoms with van der Waals surface area (Å²) < 4.78 is 1.84. The maximum atomic E-state index is 12.0. The Bertz CT molecular complexity index is 640. The lowest BCUT2D eigenvalue weighted by Crippen LogP contribution is -2.30. The van der Waals surface area contributed by atoms with Crippen LogP contribution in [0.3, 0.4) is 0 Å². The van der Waals surface area contributed by atoms with Gasteiger partial charge in [-0.15, -0.1) is 0 Å². The highest BCUT2D eigenvalue weighted by Gasteiger charge is 2.07. The highest BCUT2D eigenvalue weighted by atomic mass is 16.2. The fourth-order valence-corrected chi connectivity index (χ4v) is 2.01. The number of aromatic nitrogens is 2. The highest BCUT2D eigenvalue weighted by Crippen LogP contribution is 2.11. The van der Waals surface area contributed by atoms with E-state index in [1.165, 1.54) is 0 Å². The number of anilines is 1. The molecule has 1 heterocycles. The Hall–Kier alpha value is -2.67. The molecule has 1 aromatic carbocycles. The molecule has 7 heteroatoms. The molecule has 3 N–H and O–H groups in total. The summed E-state index contributed by atoms with van der Waals surface area (Å²) in [6, 6.07) is 6.90. The molecular formula is C16H21N5O2. The van der Waals surface area contributed by atoms with E-state index in [0.29, 0.717) is 37.3 Å². The lowest BCUT2D eigenvalue weighted by Gasteiger charge is -2.08. The van der Waals surface area contributed by atoms with Crippen molar-refractivity contribution in [3.8, 4) is 0 Å². The van der Waals surface area contributed by atoms with Crippen LogP contribution in [0.2, 0.25) is 0 Å². The van der Waals surface area contributed by atoms with E-state index in [2.05, 4.69) is 20.9 Å². The monoisotopic (exact) mass is 315 g/mol. The van der Waals surface area contributed by atoms with Gasteiger partial charge >= 0.3 is 0 Å². The first-order valence-corrected chi connectivity index (χ1v) is 7.47. The number of aryl methyl sites for hydroxylation is 1. The SMILES string of the molecule is CNCCNC(=O)c1cccc(NC(=O)CCn2ccnc2)c1. The lowest BCUT2D eigenvalue weighted by atomic mass is 10.2. The molecule has 0 radical (unpaired) electrons. The van der Waals surface area contributed by atoms with E-state index in [9.17, 15) is 9.59 Å². The molecule has 2 rings (SSSR count). The van der Waals surface area contributed by atoms with Gasteiger partial charge in [0.25, 0.3) is 5.91 Å². The summed E-state index contributed by atoms with van der Waals surface area (Å²) in [6.45, 7) is 1.82. The van der Waals surface area contributed by atoms with E-state index in [-0.39, 0.29) is 11.8 Å². The molecule has 0 unspecified atom stereocenters. The maximum absolute atomic E-state index is 12.0. The summed E-state index contributed by atoms with van der Waals surface area (Å²) in [5.41, 5.74) is 1.13. The number of rotatable bonds is 8. The number of nitrogens with zero attached hydrogens (tertiary/aromatic N) is 2. The molecule has 0 saturated heterocycles. The molecule has 0 bridgehead atoms. The smallest absolute Gasteiger partial charge is 0.251 e. The van der Waals surface area contributed by atoms with Gasteiger partial charge in [-0.25, -0.2) is 4.98 Å². The third-order valence-electron chi connectivity index (χ3n) is 3.23. The number of amides is 2. The average Bonchev–Trinajstić information content (AvgIpc) is 3.07. The van der Waals surface area contributed by atoms with Gasteiger partial charge < -0.3 is 20.5 Å². The maximum Gasteiger partial charge on any atom is 0.251 e. The first kappa shape index (κ1) is 16.7. The van der Waals surface area contributed by atoms with Gasteiger partial charge in [-0.05, 0) is 25.2 Å². The normalized spacial score (nSPS) is 10.3. The van der Waals surface area contributed by atoms with Crippen molar-refractivity contribution in [1.82, 2.24) is 20.2 Å². The zero-order valence-corrected chi connectivity index (χ0v) is 13.1. The summed E-state index contributed by atoms with van der Waals surface area (Å²) in [6.07, 6.45) is 5.50. The first-order chi connectivity index (χ1) is 11.2. The second-order valence-corrected chi connectivity index (χ2v) is 5.04. The molecule has 0 aliphatic carbocycles. The lowest BCUT2D eigenvalue weighted by molar-refractivity contribution is -0.116. The van der Waals surface area contributed by atoms with Gasteiger partial charge in [0, 0.05) is 49.7 Å². The van der Waals surface area contributed by atoms with Crippen LogP contribution in [0.5, 0.6) is 0 Å². The highest BCUT2D eigenvalue weighted by molar-refractivity contribution is 5.97. The van der Waals surface area contributed by atoms with Gasteiger partial charge in [-0.2, -0.15) is 0 Å². The van der Waals surface area contributed by atoms with Crippen molar-refractivity contribution in [2.75, 3.05) is 25.5 Å². The number of carbonyl (C=O) groups is 2. The number of nitrogens with one attached hydrogen (secondary N) is 3. The van der Waals surface area contributed by atoms with E-state index in [4.69, 9.17) is 0 Å². The predicted molar refractivity (Wildman–Crippen MR) is 88.2 cm³/mol. The molecule has 0 saturated carbocycles. The first-order valence-electron chi connectivity index (χ1n) is 7.47. The van der Waals surface area contributed by atoms with E-state index in [1.54, 1.807) is 36.8 Å². The number of carbonyl (C=O) groups excluding carboxylic acids is 2. The molecule has 0 aliphatic heterocycles. The Morgan fingerprint density at radius 2 is 2.13 bits per heavy atom. The predicted octanol–water partition coefficient (Wildman–Crippen LogP) is 0.861. The standard InChI is InChI=1S/C16H21N5O2/c1-17-6-7-19-16(23)13-3-2-4-14(11-13)20-15(22)5-9-21-10-8-18-12-21/h2-4,8,10-12,17H,5-7,9H2,1H3,(H,19,23)(H,20,22). The number of likely N-dealkylation sites (N-methyl/N-ethyl adjacent to an activating group) is 1. The topological polar surface area (TPSA) is 88.0 Å². The third kappa shape index (κ3) is 5.55. The van der Waals surface area contributed by atoms with Crippen molar-refractivity contribution < 1.29 is 9.59 Å². The Morgan fingerprint density at radius 1 is 1.26 bits per heavy atom. The molecule has 0 fully saturated rings. The summed E-state index contributed by atoms with van der Waals surface area (Å²) in [5, 5.41) is 8.56. The largest absolute Gasteiger partial charge is 0.351 e. The van der Waals surface area contributed by atoms with Gasteiger partial charge in [0.1, 0.15) is 0 Å². The minimum atomic E-state index is -0.158. The Kier molecular flexibility index (Phi) is 6.31. The summed E-state index contributed by atoms with van der Waals surface area (Å²) in [4.78, 5) is 27.9. The zero-order chi connectivity index (χ0) is 16.5. The summed E-state index contributed by atoms with van der Waals surface area (Å²) in [7, 11) is 1.83. The Labute approximate surface area is 135 Å². The summed E-state index contributed by atoms with van der Waals surface area (Å²) in [5.74, 6) is -0.263. The number of hydrogen-bond acceptors (Lipinski definition) is 4. The fourth-order valence-electron chi connectivity index (χ4n) is 2.01. The van der Waals surface area contributed by atoms with Gasteiger partial charge in [-0.1, -0.05) is 6.07 Å².